The number of hydrogen-bond donors (Lipinski definition) is 1. The zero-order chi connectivity index (χ0) is 23.9. The monoisotopic (exact) mass is 457 g/mol. The molecule has 0 unspecified atom stereocenters. The van der Waals surface area contributed by atoms with E-state index in [0.29, 0.717) is 19.5 Å². The molecule has 0 saturated carbocycles. The number of nitrogens with zero attached hydrogens (tertiary/aromatic N) is 2. The largest absolute Gasteiger partial charge is 0.334 e. The summed E-state index contributed by atoms with van der Waals surface area (Å²) in [6, 6.07) is 25.1. The number of hydrogen-bond acceptors (Lipinski definition) is 3. The van der Waals surface area contributed by atoms with Gasteiger partial charge in [0, 0.05) is 24.8 Å². The van der Waals surface area contributed by atoms with Crippen molar-refractivity contribution in [3.63, 3.8) is 0 Å². The van der Waals surface area contributed by atoms with Crippen molar-refractivity contribution in [1.82, 2.24) is 14.5 Å². The molecule has 34 heavy (non-hydrogen) atoms. The normalized spacial score (nSPS) is 10.7. The number of halogens is 1. The number of amides is 1. The van der Waals surface area contributed by atoms with Crippen LogP contribution in [-0.4, -0.2) is 26.9 Å². The predicted molar refractivity (Wildman–Crippen MR) is 128 cm³/mol. The molecule has 3 aromatic carbocycles. The maximum atomic E-state index is 14.1. The number of aromatic amines is 1. The fourth-order valence-electron chi connectivity index (χ4n) is 3.74. The smallest absolute Gasteiger partial charge is 0.328 e. The van der Waals surface area contributed by atoms with E-state index < -0.39 is 23.0 Å². The minimum absolute atomic E-state index is 0.167. The molecule has 0 aliphatic heterocycles. The number of rotatable bonds is 8. The summed E-state index contributed by atoms with van der Waals surface area (Å²) in [7, 11) is 0. The van der Waals surface area contributed by atoms with Gasteiger partial charge in [0.15, 0.2) is 0 Å². The Bertz CT molecular complexity index is 1380. The summed E-state index contributed by atoms with van der Waals surface area (Å²) in [6.45, 7) is 0.409. The lowest BCUT2D eigenvalue weighted by atomic mass is 10.1. The molecule has 4 rings (SSSR count). The predicted octanol–water partition coefficient (Wildman–Crippen LogP) is 3.61. The maximum absolute atomic E-state index is 14.1. The molecule has 4 aromatic rings. The lowest BCUT2D eigenvalue weighted by Crippen LogP contribution is -2.42. The minimum atomic E-state index is -0.755. The van der Waals surface area contributed by atoms with Crippen LogP contribution in [0, 0.1) is 5.82 Å². The van der Waals surface area contributed by atoms with Gasteiger partial charge < -0.3 is 9.88 Å². The molecule has 1 amide bonds. The average Bonchev–Trinajstić information content (AvgIpc) is 2.86. The van der Waals surface area contributed by atoms with Gasteiger partial charge in [-0.15, -0.1) is 0 Å². The van der Waals surface area contributed by atoms with Gasteiger partial charge in [-0.05, 0) is 23.6 Å². The quantitative estimate of drug-likeness (QED) is 0.439. The summed E-state index contributed by atoms with van der Waals surface area (Å²) < 4.78 is 15.0. The zero-order valence-corrected chi connectivity index (χ0v) is 18.5. The summed E-state index contributed by atoms with van der Waals surface area (Å²) in [5.74, 6) is -1.03. The topological polar surface area (TPSA) is 75.2 Å². The van der Waals surface area contributed by atoms with Gasteiger partial charge in [0.2, 0.25) is 0 Å². The van der Waals surface area contributed by atoms with E-state index in [0.717, 1.165) is 21.9 Å². The summed E-state index contributed by atoms with van der Waals surface area (Å²) in [6.07, 6.45) is 1.75. The Balaban J connectivity index is 1.65. The molecule has 1 heterocycles. The van der Waals surface area contributed by atoms with Gasteiger partial charge in [0.05, 0.1) is 6.54 Å². The number of nitrogens with one attached hydrogen (secondary N) is 1. The van der Waals surface area contributed by atoms with Crippen LogP contribution in [-0.2, 0) is 19.5 Å². The van der Waals surface area contributed by atoms with Crippen molar-refractivity contribution < 1.29 is 9.18 Å². The molecule has 172 valence electrons. The summed E-state index contributed by atoms with van der Waals surface area (Å²) >= 11 is 0. The average molecular weight is 458 g/mol. The van der Waals surface area contributed by atoms with Crippen molar-refractivity contribution in [2.75, 3.05) is 6.54 Å². The standard InChI is InChI=1S/C27H24FN3O3/c28-24-14-8-7-13-22(24)19-31-26(33)23(17-29-27(31)34)25(32)30(18-21-11-5-2-6-12-21)16-15-20-9-3-1-4-10-20/h1-14,17H,15-16,18-19H2,(H,29,34). The third-order valence-electron chi connectivity index (χ3n) is 5.59. The van der Waals surface area contributed by atoms with Crippen LogP contribution >= 0.6 is 0 Å². The SMILES string of the molecule is O=C(c1c[nH]c(=O)n(Cc2ccccc2F)c1=O)N(CCc1ccccc1)Cc1ccccc1. The molecule has 0 atom stereocenters. The first-order valence-electron chi connectivity index (χ1n) is 11.0. The van der Waals surface area contributed by atoms with Gasteiger partial charge in [-0.2, -0.15) is 0 Å². The van der Waals surface area contributed by atoms with Gasteiger partial charge in [0.1, 0.15) is 11.4 Å². The van der Waals surface area contributed by atoms with Crippen LogP contribution in [0.5, 0.6) is 0 Å². The Morgan fingerprint density at radius 3 is 2.15 bits per heavy atom. The fourth-order valence-corrected chi connectivity index (χ4v) is 3.74. The van der Waals surface area contributed by atoms with Gasteiger partial charge in [0.25, 0.3) is 11.5 Å². The molecular formula is C27H24FN3O3. The van der Waals surface area contributed by atoms with Gasteiger partial charge in [-0.25, -0.2) is 9.18 Å². The molecule has 0 aliphatic carbocycles. The van der Waals surface area contributed by atoms with Gasteiger partial charge in [-0.3, -0.25) is 14.2 Å². The number of aromatic nitrogens is 2. The molecule has 0 aliphatic rings. The highest BCUT2D eigenvalue weighted by Crippen LogP contribution is 2.11. The number of H-pyrrole nitrogens is 1. The first-order valence-corrected chi connectivity index (χ1v) is 11.0. The highest BCUT2D eigenvalue weighted by Gasteiger charge is 2.22. The van der Waals surface area contributed by atoms with E-state index in [1.54, 1.807) is 11.0 Å². The first-order chi connectivity index (χ1) is 16.5. The van der Waals surface area contributed by atoms with E-state index in [1.165, 1.54) is 18.2 Å². The second kappa shape index (κ2) is 10.6. The van der Waals surface area contributed by atoms with Crippen LogP contribution in [0.1, 0.15) is 27.0 Å². The Hall–Kier alpha value is -4.26. The molecule has 0 radical (unpaired) electrons. The Morgan fingerprint density at radius 2 is 1.47 bits per heavy atom. The van der Waals surface area contributed by atoms with Crippen molar-refractivity contribution in [2.45, 2.75) is 19.5 Å². The maximum Gasteiger partial charge on any atom is 0.328 e. The van der Waals surface area contributed by atoms with Gasteiger partial charge in [-0.1, -0.05) is 78.9 Å². The van der Waals surface area contributed by atoms with Crippen LogP contribution in [0.4, 0.5) is 4.39 Å². The van der Waals surface area contributed by atoms with Crippen molar-refractivity contribution in [2.24, 2.45) is 0 Å². The highest BCUT2D eigenvalue weighted by molar-refractivity contribution is 5.93. The van der Waals surface area contributed by atoms with Crippen LogP contribution in [0.25, 0.3) is 0 Å². The molecule has 1 N–H and O–H groups in total. The van der Waals surface area contributed by atoms with E-state index in [2.05, 4.69) is 4.98 Å². The second-order valence-electron chi connectivity index (χ2n) is 7.94. The van der Waals surface area contributed by atoms with Crippen molar-refractivity contribution >= 4 is 5.91 Å². The third kappa shape index (κ3) is 5.38. The summed E-state index contributed by atoms with van der Waals surface area (Å²) in [4.78, 5) is 43.1. The van der Waals surface area contributed by atoms with Crippen LogP contribution in [0.15, 0.2) is 101 Å². The van der Waals surface area contributed by atoms with E-state index in [-0.39, 0.29) is 17.7 Å². The molecule has 0 bridgehead atoms. The number of carbonyl (C=O) groups is 1. The molecule has 0 saturated heterocycles. The highest BCUT2D eigenvalue weighted by atomic mass is 19.1. The Kier molecular flexibility index (Phi) is 7.13. The van der Waals surface area contributed by atoms with Crippen molar-refractivity contribution in [3.05, 3.63) is 140 Å². The van der Waals surface area contributed by atoms with E-state index >= 15 is 0 Å². The van der Waals surface area contributed by atoms with Crippen LogP contribution in [0.2, 0.25) is 0 Å². The third-order valence-corrected chi connectivity index (χ3v) is 5.59. The van der Waals surface area contributed by atoms with Crippen molar-refractivity contribution in [1.29, 1.82) is 0 Å². The minimum Gasteiger partial charge on any atom is -0.334 e. The molecule has 7 heteroatoms. The second-order valence-corrected chi connectivity index (χ2v) is 7.94. The molecule has 0 fully saturated rings. The van der Waals surface area contributed by atoms with Crippen LogP contribution < -0.4 is 11.2 Å². The fraction of sp³-hybridized carbons (Fsp3) is 0.148. The van der Waals surface area contributed by atoms with E-state index in [9.17, 15) is 18.8 Å². The van der Waals surface area contributed by atoms with Crippen LogP contribution in [0.3, 0.4) is 0 Å². The van der Waals surface area contributed by atoms with E-state index in [1.807, 2.05) is 60.7 Å². The molecule has 6 nitrogen and oxygen atoms in total. The van der Waals surface area contributed by atoms with Gasteiger partial charge >= 0.3 is 5.69 Å². The Morgan fingerprint density at radius 1 is 0.853 bits per heavy atom. The lowest BCUT2D eigenvalue weighted by Gasteiger charge is -2.23. The molecule has 1 aromatic heterocycles. The number of carbonyl (C=O) groups excluding carboxylic acids is 1. The summed E-state index contributed by atoms with van der Waals surface area (Å²) in [5.41, 5.74) is 0.537. The zero-order valence-electron chi connectivity index (χ0n) is 18.5. The Labute approximate surface area is 195 Å². The molecule has 0 spiro atoms. The summed E-state index contributed by atoms with van der Waals surface area (Å²) in [5, 5.41) is 0. The first kappa shape index (κ1) is 22.9. The van der Waals surface area contributed by atoms with E-state index in [4.69, 9.17) is 0 Å². The number of benzene rings is 3. The lowest BCUT2D eigenvalue weighted by molar-refractivity contribution is 0.0742. The molecular weight excluding hydrogens is 433 g/mol. The van der Waals surface area contributed by atoms with Crippen molar-refractivity contribution in [3.8, 4) is 0 Å².